The minimum Gasteiger partial charge on any atom is -0.493 e. The Bertz CT molecular complexity index is 1070. The molecule has 3 aromatic rings. The zero-order chi connectivity index (χ0) is 20.9. The van der Waals surface area contributed by atoms with E-state index in [2.05, 4.69) is 15.6 Å². The Labute approximate surface area is 174 Å². The van der Waals surface area contributed by atoms with Crippen molar-refractivity contribution in [3.8, 4) is 11.5 Å². The summed E-state index contributed by atoms with van der Waals surface area (Å²) in [5, 5.41) is 5.70. The van der Waals surface area contributed by atoms with Crippen LogP contribution in [0.4, 0.5) is 11.4 Å². The number of hydrogen-bond donors (Lipinski definition) is 2. The van der Waals surface area contributed by atoms with Crippen molar-refractivity contribution in [3.05, 3.63) is 78.1 Å². The Kier molecular flexibility index (Phi) is 5.61. The molecule has 7 heteroatoms. The van der Waals surface area contributed by atoms with Crippen LogP contribution >= 0.6 is 0 Å². The molecule has 0 saturated carbocycles. The second-order valence-electron chi connectivity index (χ2n) is 6.89. The van der Waals surface area contributed by atoms with Gasteiger partial charge in [-0.15, -0.1) is 0 Å². The molecule has 2 amide bonds. The number of methoxy groups -OCH3 is 1. The highest BCUT2D eigenvalue weighted by molar-refractivity contribution is 6.05. The Balaban J connectivity index is 1.52. The number of ether oxygens (including phenoxy) is 2. The lowest BCUT2D eigenvalue weighted by molar-refractivity contribution is -0.123. The van der Waals surface area contributed by atoms with E-state index in [4.69, 9.17) is 9.47 Å². The molecule has 0 radical (unpaired) electrons. The number of rotatable bonds is 6. The third-order valence-electron chi connectivity index (χ3n) is 4.89. The number of amides is 2. The number of fused-ring (bicyclic) bond motifs is 1. The van der Waals surface area contributed by atoms with Crippen LogP contribution in [0.1, 0.15) is 23.5 Å². The number of aromatic nitrogens is 1. The number of anilines is 2. The first-order chi connectivity index (χ1) is 14.6. The first-order valence-electron chi connectivity index (χ1n) is 9.53. The number of benzene rings is 2. The Morgan fingerprint density at radius 2 is 1.93 bits per heavy atom. The van der Waals surface area contributed by atoms with E-state index in [0.29, 0.717) is 29.5 Å². The van der Waals surface area contributed by atoms with Gasteiger partial charge in [0.05, 0.1) is 13.0 Å². The zero-order valence-electron chi connectivity index (χ0n) is 16.4. The zero-order valence-corrected chi connectivity index (χ0v) is 16.4. The van der Waals surface area contributed by atoms with E-state index in [1.165, 1.54) is 0 Å². The van der Waals surface area contributed by atoms with Crippen LogP contribution in [0.15, 0.2) is 67.0 Å². The molecule has 2 heterocycles. The van der Waals surface area contributed by atoms with Gasteiger partial charge in [0.15, 0.2) is 11.5 Å². The van der Waals surface area contributed by atoms with Gasteiger partial charge in [-0.05, 0) is 41.5 Å². The van der Waals surface area contributed by atoms with Crippen LogP contribution in [-0.4, -0.2) is 23.9 Å². The standard InChI is InChI=1S/C23H21N3O4/c1-29-20-7-6-16(12-21(20)30-14-15-8-10-24-11-9-15)25-23(28)18-13-22(27)26-19-5-3-2-4-17(18)19/h2-12,18H,13-14H2,1H3,(H,25,28)(H,26,27). The first kappa shape index (κ1) is 19.4. The number of pyridine rings is 1. The molecule has 1 atom stereocenters. The minimum absolute atomic E-state index is 0.102. The van der Waals surface area contributed by atoms with Crippen molar-refractivity contribution in [2.45, 2.75) is 18.9 Å². The molecule has 0 spiro atoms. The maximum atomic E-state index is 13.0. The maximum absolute atomic E-state index is 13.0. The van der Waals surface area contributed by atoms with Crippen molar-refractivity contribution in [2.75, 3.05) is 17.7 Å². The molecule has 7 nitrogen and oxygen atoms in total. The fraction of sp³-hybridized carbons (Fsp3) is 0.174. The van der Waals surface area contributed by atoms with E-state index >= 15 is 0 Å². The second kappa shape index (κ2) is 8.65. The third kappa shape index (κ3) is 4.25. The molecule has 2 N–H and O–H groups in total. The molecule has 30 heavy (non-hydrogen) atoms. The molecule has 1 aromatic heterocycles. The van der Waals surface area contributed by atoms with Crippen molar-refractivity contribution in [1.29, 1.82) is 0 Å². The Morgan fingerprint density at radius 3 is 2.73 bits per heavy atom. The van der Waals surface area contributed by atoms with E-state index in [1.807, 2.05) is 30.3 Å². The minimum atomic E-state index is -0.557. The maximum Gasteiger partial charge on any atom is 0.232 e. The van der Waals surface area contributed by atoms with Gasteiger partial charge >= 0.3 is 0 Å². The lowest BCUT2D eigenvalue weighted by atomic mass is 9.90. The molecule has 152 valence electrons. The van der Waals surface area contributed by atoms with Gasteiger partial charge in [0, 0.05) is 36.3 Å². The van der Waals surface area contributed by atoms with Crippen LogP contribution < -0.4 is 20.1 Å². The molecule has 0 saturated heterocycles. The highest BCUT2D eigenvalue weighted by Gasteiger charge is 2.30. The molecular weight excluding hydrogens is 382 g/mol. The summed E-state index contributed by atoms with van der Waals surface area (Å²) in [7, 11) is 1.56. The summed E-state index contributed by atoms with van der Waals surface area (Å²) in [6.45, 7) is 0.340. The van der Waals surface area contributed by atoms with Gasteiger partial charge in [-0.25, -0.2) is 0 Å². The molecule has 0 aliphatic carbocycles. The van der Waals surface area contributed by atoms with Crippen molar-refractivity contribution < 1.29 is 19.1 Å². The van der Waals surface area contributed by atoms with Gasteiger partial charge in [-0.2, -0.15) is 0 Å². The molecule has 1 aliphatic rings. The fourth-order valence-electron chi connectivity index (χ4n) is 3.38. The first-order valence-corrected chi connectivity index (χ1v) is 9.53. The van der Waals surface area contributed by atoms with Gasteiger partial charge in [0.1, 0.15) is 6.61 Å². The second-order valence-corrected chi connectivity index (χ2v) is 6.89. The van der Waals surface area contributed by atoms with E-state index < -0.39 is 5.92 Å². The van der Waals surface area contributed by atoms with Crippen molar-refractivity contribution in [1.82, 2.24) is 4.98 Å². The highest BCUT2D eigenvalue weighted by Crippen LogP contribution is 2.34. The van der Waals surface area contributed by atoms with Gasteiger partial charge in [0.2, 0.25) is 11.8 Å². The summed E-state index contributed by atoms with van der Waals surface area (Å²) >= 11 is 0. The van der Waals surface area contributed by atoms with Crippen LogP contribution in [0.3, 0.4) is 0 Å². The van der Waals surface area contributed by atoms with Gasteiger partial charge in [-0.3, -0.25) is 14.6 Å². The summed E-state index contributed by atoms with van der Waals surface area (Å²) in [6.07, 6.45) is 3.50. The summed E-state index contributed by atoms with van der Waals surface area (Å²) in [4.78, 5) is 29.0. The molecule has 2 aromatic carbocycles. The average molecular weight is 403 g/mol. The highest BCUT2D eigenvalue weighted by atomic mass is 16.5. The number of hydrogen-bond acceptors (Lipinski definition) is 5. The molecule has 4 rings (SSSR count). The van der Waals surface area contributed by atoms with Crippen molar-refractivity contribution in [2.24, 2.45) is 0 Å². The summed E-state index contributed by atoms with van der Waals surface area (Å²) < 4.78 is 11.3. The largest absolute Gasteiger partial charge is 0.493 e. The Morgan fingerprint density at radius 1 is 1.13 bits per heavy atom. The van der Waals surface area contributed by atoms with Gasteiger partial charge in [-0.1, -0.05) is 18.2 Å². The average Bonchev–Trinajstić information content (AvgIpc) is 2.78. The number of carbonyl (C=O) groups excluding carboxylic acids is 2. The van der Waals surface area contributed by atoms with Crippen LogP contribution in [0.25, 0.3) is 0 Å². The summed E-state index contributed by atoms with van der Waals surface area (Å²) in [6, 6.07) is 16.3. The van der Waals surface area contributed by atoms with Gasteiger partial charge < -0.3 is 20.1 Å². The van der Waals surface area contributed by atoms with Crippen LogP contribution in [0, 0.1) is 0 Å². The molecule has 1 unspecified atom stereocenters. The summed E-state index contributed by atoms with van der Waals surface area (Å²) in [5.41, 5.74) is 3.00. The number of nitrogens with zero attached hydrogens (tertiary/aromatic N) is 1. The molecule has 0 bridgehead atoms. The van der Waals surface area contributed by atoms with Crippen molar-refractivity contribution in [3.63, 3.8) is 0 Å². The Hall–Kier alpha value is -3.87. The molecular formula is C23H21N3O4. The fourth-order valence-corrected chi connectivity index (χ4v) is 3.38. The number of nitrogens with one attached hydrogen (secondary N) is 2. The number of carbonyl (C=O) groups is 2. The quantitative estimate of drug-likeness (QED) is 0.655. The SMILES string of the molecule is COc1ccc(NC(=O)C2CC(=O)Nc3ccccc32)cc1OCc1ccncc1. The van der Waals surface area contributed by atoms with Crippen LogP contribution in [-0.2, 0) is 16.2 Å². The van der Waals surface area contributed by atoms with E-state index in [1.54, 1.807) is 43.8 Å². The predicted octanol–water partition coefficient (Wildman–Crippen LogP) is 3.73. The smallest absolute Gasteiger partial charge is 0.232 e. The topological polar surface area (TPSA) is 89.5 Å². The van der Waals surface area contributed by atoms with E-state index in [-0.39, 0.29) is 18.2 Å². The number of para-hydroxylation sites is 1. The van der Waals surface area contributed by atoms with E-state index in [9.17, 15) is 9.59 Å². The molecule has 0 fully saturated rings. The normalized spacial score (nSPS) is 15.0. The third-order valence-corrected chi connectivity index (χ3v) is 4.89. The van der Waals surface area contributed by atoms with E-state index in [0.717, 1.165) is 11.1 Å². The monoisotopic (exact) mass is 403 g/mol. The van der Waals surface area contributed by atoms with Crippen LogP contribution in [0.2, 0.25) is 0 Å². The lowest BCUT2D eigenvalue weighted by Crippen LogP contribution is -2.30. The van der Waals surface area contributed by atoms with Gasteiger partial charge in [0.25, 0.3) is 0 Å². The predicted molar refractivity (Wildman–Crippen MR) is 113 cm³/mol. The van der Waals surface area contributed by atoms with Crippen LogP contribution in [0.5, 0.6) is 11.5 Å². The molecule has 1 aliphatic heterocycles. The lowest BCUT2D eigenvalue weighted by Gasteiger charge is -2.25. The summed E-state index contributed by atoms with van der Waals surface area (Å²) in [5.74, 6) is 0.0871. The van der Waals surface area contributed by atoms with Crippen molar-refractivity contribution >= 4 is 23.2 Å².